The van der Waals surface area contributed by atoms with Crippen LogP contribution in [0.2, 0.25) is 5.02 Å². The Morgan fingerprint density at radius 3 is 2.82 bits per heavy atom. The van der Waals surface area contributed by atoms with Crippen molar-refractivity contribution in [2.24, 2.45) is 5.92 Å². The molecule has 0 saturated carbocycles. The molecule has 17 heavy (non-hydrogen) atoms. The maximum atomic E-state index is 12.9. The summed E-state index contributed by atoms with van der Waals surface area (Å²) in [4.78, 5) is 0. The highest BCUT2D eigenvalue weighted by atomic mass is 35.5. The molecule has 0 aliphatic carbocycles. The predicted octanol–water partition coefficient (Wildman–Crippen LogP) is 2.98. The van der Waals surface area contributed by atoms with Gasteiger partial charge < -0.3 is 10.4 Å². The third-order valence-corrected chi connectivity index (χ3v) is 3.15. The number of benzene rings is 1. The fraction of sp³-hybridized carbons (Fsp3) is 0.538. The van der Waals surface area contributed by atoms with E-state index in [0.717, 1.165) is 24.9 Å². The van der Waals surface area contributed by atoms with E-state index in [-0.39, 0.29) is 17.4 Å². The van der Waals surface area contributed by atoms with Crippen molar-refractivity contribution in [1.29, 1.82) is 0 Å². The lowest BCUT2D eigenvalue weighted by atomic mass is 10.0. The lowest BCUT2D eigenvalue weighted by molar-refractivity contribution is 0.251. The zero-order chi connectivity index (χ0) is 12.7. The van der Waals surface area contributed by atoms with Gasteiger partial charge >= 0.3 is 0 Å². The molecule has 0 aliphatic heterocycles. The molecule has 1 aromatic carbocycles. The minimum Gasteiger partial charge on any atom is -0.396 e. The van der Waals surface area contributed by atoms with Gasteiger partial charge in [-0.1, -0.05) is 31.0 Å². The second-order valence-electron chi connectivity index (χ2n) is 4.17. The Morgan fingerprint density at radius 2 is 2.24 bits per heavy atom. The van der Waals surface area contributed by atoms with Crippen LogP contribution in [0.3, 0.4) is 0 Å². The van der Waals surface area contributed by atoms with E-state index in [9.17, 15) is 4.39 Å². The van der Waals surface area contributed by atoms with Crippen LogP contribution in [0.5, 0.6) is 0 Å². The van der Waals surface area contributed by atoms with Crippen LogP contribution in [-0.4, -0.2) is 18.3 Å². The van der Waals surface area contributed by atoms with Gasteiger partial charge in [-0.15, -0.1) is 0 Å². The van der Waals surface area contributed by atoms with Gasteiger partial charge in [0.05, 0.1) is 5.02 Å². The number of halogens is 2. The maximum Gasteiger partial charge on any atom is 0.141 e. The van der Waals surface area contributed by atoms with Crippen LogP contribution in [0, 0.1) is 11.7 Å². The molecule has 0 heterocycles. The second kappa shape index (κ2) is 7.64. The largest absolute Gasteiger partial charge is 0.396 e. The Labute approximate surface area is 107 Å². The van der Waals surface area contributed by atoms with Crippen molar-refractivity contribution in [2.75, 3.05) is 13.2 Å². The van der Waals surface area contributed by atoms with Crippen molar-refractivity contribution >= 4 is 11.6 Å². The monoisotopic (exact) mass is 259 g/mol. The molecule has 0 bridgehead atoms. The second-order valence-corrected chi connectivity index (χ2v) is 4.57. The van der Waals surface area contributed by atoms with E-state index in [1.165, 1.54) is 6.07 Å². The molecule has 0 aromatic heterocycles. The molecule has 0 radical (unpaired) electrons. The van der Waals surface area contributed by atoms with Gasteiger partial charge in [-0.25, -0.2) is 4.39 Å². The van der Waals surface area contributed by atoms with Crippen LogP contribution in [0.4, 0.5) is 4.39 Å². The Bertz CT molecular complexity index is 346. The standard InChI is InChI=1S/C13H19ClFNO/c1-2-10(5-6-17)8-16-9-11-3-4-13(15)12(14)7-11/h3-4,7,10,16-17H,2,5-6,8-9H2,1H3. The smallest absolute Gasteiger partial charge is 0.141 e. The molecule has 0 fully saturated rings. The summed E-state index contributed by atoms with van der Waals surface area (Å²) in [6, 6.07) is 4.74. The molecule has 0 aliphatic rings. The summed E-state index contributed by atoms with van der Waals surface area (Å²) in [7, 11) is 0. The first-order valence-corrected chi connectivity index (χ1v) is 6.30. The molecule has 0 saturated heterocycles. The van der Waals surface area contributed by atoms with Crippen molar-refractivity contribution in [1.82, 2.24) is 5.32 Å². The van der Waals surface area contributed by atoms with E-state index in [1.807, 2.05) is 0 Å². The third-order valence-electron chi connectivity index (χ3n) is 2.86. The van der Waals surface area contributed by atoms with E-state index in [4.69, 9.17) is 16.7 Å². The Balaban J connectivity index is 2.37. The molecule has 0 spiro atoms. The van der Waals surface area contributed by atoms with Crippen molar-refractivity contribution in [3.63, 3.8) is 0 Å². The topological polar surface area (TPSA) is 32.3 Å². The fourth-order valence-electron chi connectivity index (χ4n) is 1.70. The molecule has 2 N–H and O–H groups in total. The van der Waals surface area contributed by atoms with Crippen molar-refractivity contribution in [3.8, 4) is 0 Å². The van der Waals surface area contributed by atoms with Gasteiger partial charge in [-0.05, 0) is 36.6 Å². The number of hydrogen-bond acceptors (Lipinski definition) is 2. The number of hydrogen-bond donors (Lipinski definition) is 2. The quantitative estimate of drug-likeness (QED) is 0.789. The van der Waals surface area contributed by atoms with Crippen LogP contribution in [-0.2, 0) is 6.54 Å². The van der Waals surface area contributed by atoms with Crippen LogP contribution in [0.25, 0.3) is 0 Å². The molecule has 1 unspecified atom stereocenters. The molecule has 2 nitrogen and oxygen atoms in total. The van der Waals surface area contributed by atoms with Gasteiger partial charge in [0, 0.05) is 13.2 Å². The molecule has 0 amide bonds. The Hall–Kier alpha value is -0.640. The van der Waals surface area contributed by atoms with Crippen molar-refractivity contribution < 1.29 is 9.50 Å². The third kappa shape index (κ3) is 5.02. The first kappa shape index (κ1) is 14.4. The summed E-state index contributed by atoms with van der Waals surface area (Å²) in [5.41, 5.74) is 0.968. The van der Waals surface area contributed by atoms with Crippen LogP contribution >= 0.6 is 11.6 Å². The average Bonchev–Trinajstić information content (AvgIpc) is 2.32. The van der Waals surface area contributed by atoms with E-state index in [1.54, 1.807) is 12.1 Å². The minimum atomic E-state index is -0.387. The average molecular weight is 260 g/mol. The van der Waals surface area contributed by atoms with Crippen LogP contribution < -0.4 is 5.32 Å². The minimum absolute atomic E-state index is 0.159. The van der Waals surface area contributed by atoms with E-state index in [2.05, 4.69) is 12.2 Å². The zero-order valence-corrected chi connectivity index (χ0v) is 10.8. The number of nitrogens with one attached hydrogen (secondary N) is 1. The normalized spacial score (nSPS) is 12.7. The summed E-state index contributed by atoms with van der Waals surface area (Å²) >= 11 is 5.70. The van der Waals surface area contributed by atoms with E-state index in [0.29, 0.717) is 12.5 Å². The van der Waals surface area contributed by atoms with Gasteiger partial charge in [0.25, 0.3) is 0 Å². The van der Waals surface area contributed by atoms with E-state index >= 15 is 0 Å². The summed E-state index contributed by atoms with van der Waals surface area (Å²) in [6.07, 6.45) is 1.85. The van der Waals surface area contributed by atoms with Gasteiger partial charge in [-0.3, -0.25) is 0 Å². The molecule has 1 aromatic rings. The number of aliphatic hydroxyl groups excluding tert-OH is 1. The lowest BCUT2D eigenvalue weighted by Gasteiger charge is -2.14. The highest BCUT2D eigenvalue weighted by Gasteiger charge is 2.05. The van der Waals surface area contributed by atoms with Gasteiger partial charge in [-0.2, -0.15) is 0 Å². The van der Waals surface area contributed by atoms with Crippen molar-refractivity contribution in [2.45, 2.75) is 26.3 Å². The predicted molar refractivity (Wildman–Crippen MR) is 68.6 cm³/mol. The SMILES string of the molecule is CCC(CCO)CNCc1ccc(F)c(Cl)c1. The molecule has 4 heteroatoms. The summed E-state index contributed by atoms with van der Waals surface area (Å²) in [5.74, 6) is 0.0954. The molecular formula is C13H19ClFNO. The fourth-order valence-corrected chi connectivity index (χ4v) is 1.91. The van der Waals surface area contributed by atoms with Crippen LogP contribution in [0.1, 0.15) is 25.3 Å². The summed E-state index contributed by atoms with van der Waals surface area (Å²) in [5, 5.41) is 12.3. The van der Waals surface area contributed by atoms with Gasteiger partial charge in [0.15, 0.2) is 0 Å². The van der Waals surface area contributed by atoms with Gasteiger partial charge in [0.2, 0.25) is 0 Å². The summed E-state index contributed by atoms with van der Waals surface area (Å²) < 4.78 is 12.9. The molecular weight excluding hydrogens is 241 g/mol. The Morgan fingerprint density at radius 1 is 1.47 bits per heavy atom. The summed E-state index contributed by atoms with van der Waals surface area (Å²) in [6.45, 7) is 3.85. The first-order valence-electron chi connectivity index (χ1n) is 5.92. The van der Waals surface area contributed by atoms with Gasteiger partial charge in [0.1, 0.15) is 5.82 Å². The van der Waals surface area contributed by atoms with Crippen molar-refractivity contribution in [3.05, 3.63) is 34.6 Å². The lowest BCUT2D eigenvalue weighted by Crippen LogP contribution is -2.22. The van der Waals surface area contributed by atoms with Crippen LogP contribution in [0.15, 0.2) is 18.2 Å². The first-order chi connectivity index (χ1) is 8.17. The molecule has 96 valence electrons. The highest BCUT2D eigenvalue weighted by molar-refractivity contribution is 6.30. The molecule has 1 atom stereocenters. The zero-order valence-electron chi connectivity index (χ0n) is 10.0. The maximum absolute atomic E-state index is 12.9. The number of aliphatic hydroxyl groups is 1. The molecule has 1 rings (SSSR count). The van der Waals surface area contributed by atoms with E-state index < -0.39 is 0 Å². The Kier molecular flexibility index (Phi) is 6.48. The highest BCUT2D eigenvalue weighted by Crippen LogP contribution is 2.16. The number of rotatable bonds is 7.